The van der Waals surface area contributed by atoms with E-state index in [0.29, 0.717) is 23.4 Å². The summed E-state index contributed by atoms with van der Waals surface area (Å²) < 4.78 is 0. The van der Waals surface area contributed by atoms with Crippen LogP contribution in [0.3, 0.4) is 0 Å². The molecule has 0 aliphatic carbocycles. The number of nitrogens with one attached hydrogen (secondary N) is 2. The van der Waals surface area contributed by atoms with Gasteiger partial charge in [-0.25, -0.2) is 0 Å². The standard InChI is InChI=1S/C32H32N4O4S/c1-20-12-14-22(15-13-20)33-26(37)19-35-25-11-7-6-10-23(25)32(31(35)40)28-27(24(34-32)16-17-41-2)29(38)36(30(28)39)18-21-8-4-3-5-9-21/h3-15,24,27-28,34H,16-19H2,1-2H3,(H,33,37)/t24-,27+,28-,32-/m0/s1. The number of likely N-dealkylation sites (tertiary alicyclic amines) is 1. The third kappa shape index (κ3) is 4.53. The van der Waals surface area contributed by atoms with Gasteiger partial charge in [0, 0.05) is 23.0 Å². The van der Waals surface area contributed by atoms with Crippen molar-refractivity contribution in [1.29, 1.82) is 0 Å². The number of anilines is 2. The number of carbonyl (C=O) groups is 4. The van der Waals surface area contributed by atoms with Crippen LogP contribution in [0.4, 0.5) is 11.4 Å². The highest BCUT2D eigenvalue weighted by Gasteiger charge is 2.71. The predicted molar refractivity (Wildman–Crippen MR) is 159 cm³/mol. The number of hydrogen-bond donors (Lipinski definition) is 2. The number of imide groups is 1. The molecule has 0 unspecified atom stereocenters. The number of thioether (sulfide) groups is 1. The van der Waals surface area contributed by atoms with E-state index in [1.54, 1.807) is 17.8 Å². The van der Waals surface area contributed by atoms with E-state index in [1.165, 1.54) is 9.80 Å². The summed E-state index contributed by atoms with van der Waals surface area (Å²) in [4.78, 5) is 58.5. The summed E-state index contributed by atoms with van der Waals surface area (Å²) >= 11 is 1.66. The Morgan fingerprint density at radius 3 is 2.37 bits per heavy atom. The van der Waals surface area contributed by atoms with Gasteiger partial charge in [0.1, 0.15) is 12.1 Å². The van der Waals surface area contributed by atoms with Crippen LogP contribution in [-0.2, 0) is 31.3 Å². The first kappa shape index (κ1) is 27.2. The normalized spacial score (nSPS) is 24.7. The average Bonchev–Trinajstić information content (AvgIpc) is 3.53. The third-order valence-corrected chi connectivity index (χ3v) is 9.06. The lowest BCUT2D eigenvalue weighted by molar-refractivity contribution is -0.143. The molecule has 0 radical (unpaired) electrons. The van der Waals surface area contributed by atoms with E-state index < -0.39 is 17.4 Å². The lowest BCUT2D eigenvalue weighted by atomic mass is 9.76. The zero-order chi connectivity index (χ0) is 28.7. The van der Waals surface area contributed by atoms with Gasteiger partial charge in [-0.15, -0.1) is 0 Å². The molecule has 41 heavy (non-hydrogen) atoms. The summed E-state index contributed by atoms with van der Waals surface area (Å²) in [6, 6.07) is 23.8. The lowest BCUT2D eigenvalue weighted by Gasteiger charge is -2.30. The van der Waals surface area contributed by atoms with E-state index in [4.69, 9.17) is 0 Å². The van der Waals surface area contributed by atoms with Crippen molar-refractivity contribution in [3.63, 3.8) is 0 Å². The minimum Gasteiger partial charge on any atom is -0.325 e. The maximum absolute atomic E-state index is 14.5. The second-order valence-electron chi connectivity index (χ2n) is 10.9. The van der Waals surface area contributed by atoms with E-state index in [-0.39, 0.29) is 42.8 Å². The van der Waals surface area contributed by atoms with Crippen LogP contribution in [0.2, 0.25) is 0 Å². The average molecular weight is 569 g/mol. The van der Waals surface area contributed by atoms with Crippen LogP contribution in [0.15, 0.2) is 78.9 Å². The summed E-state index contributed by atoms with van der Waals surface area (Å²) in [5, 5.41) is 6.38. The molecule has 0 bridgehead atoms. The molecular weight excluding hydrogens is 536 g/mol. The number of benzene rings is 3. The van der Waals surface area contributed by atoms with Gasteiger partial charge in [-0.1, -0.05) is 66.2 Å². The molecule has 4 atom stereocenters. The number of rotatable bonds is 8. The molecule has 0 saturated carbocycles. The topological polar surface area (TPSA) is 98.8 Å². The van der Waals surface area contributed by atoms with Crippen molar-refractivity contribution in [3.8, 4) is 0 Å². The number of aryl methyl sites for hydroxylation is 1. The summed E-state index contributed by atoms with van der Waals surface area (Å²) in [7, 11) is 0. The summed E-state index contributed by atoms with van der Waals surface area (Å²) in [6.07, 6.45) is 2.63. The first-order chi connectivity index (χ1) is 19.8. The maximum Gasteiger partial charge on any atom is 0.253 e. The molecule has 0 aromatic heterocycles. The summed E-state index contributed by atoms with van der Waals surface area (Å²) in [5.74, 6) is -2.11. The van der Waals surface area contributed by atoms with Gasteiger partial charge in [0.25, 0.3) is 5.91 Å². The number of carbonyl (C=O) groups excluding carboxylic acids is 4. The van der Waals surface area contributed by atoms with Crippen LogP contribution < -0.4 is 15.5 Å². The molecule has 1 spiro atoms. The van der Waals surface area contributed by atoms with Crippen LogP contribution in [0, 0.1) is 18.8 Å². The molecule has 8 nitrogen and oxygen atoms in total. The maximum atomic E-state index is 14.5. The SMILES string of the molecule is CSCC[C@@H]1N[C@]2(C(=O)N(CC(=O)Nc3ccc(C)cc3)c3ccccc32)[C@@H]2C(=O)N(Cc3ccccc3)C(=O)[C@H]12. The first-order valence-electron chi connectivity index (χ1n) is 13.8. The number of hydrogen-bond acceptors (Lipinski definition) is 6. The van der Waals surface area contributed by atoms with Crippen molar-refractivity contribution in [1.82, 2.24) is 10.2 Å². The Labute approximate surface area is 243 Å². The van der Waals surface area contributed by atoms with Crippen molar-refractivity contribution in [2.45, 2.75) is 31.5 Å². The fourth-order valence-corrected chi connectivity index (χ4v) is 7.05. The van der Waals surface area contributed by atoms with Gasteiger partial charge in [0.05, 0.1) is 18.4 Å². The van der Waals surface area contributed by atoms with E-state index in [2.05, 4.69) is 10.6 Å². The highest BCUT2D eigenvalue weighted by Crippen LogP contribution is 2.55. The molecule has 4 amide bonds. The van der Waals surface area contributed by atoms with Gasteiger partial charge in [-0.05, 0) is 49.1 Å². The zero-order valence-corrected chi connectivity index (χ0v) is 23.8. The van der Waals surface area contributed by atoms with Crippen LogP contribution in [-0.4, -0.2) is 53.1 Å². The van der Waals surface area contributed by atoms with E-state index >= 15 is 0 Å². The second kappa shape index (κ2) is 10.8. The van der Waals surface area contributed by atoms with Crippen molar-refractivity contribution in [2.24, 2.45) is 11.8 Å². The Morgan fingerprint density at radius 2 is 1.63 bits per heavy atom. The molecular formula is C32H32N4O4S. The monoisotopic (exact) mass is 568 g/mol. The third-order valence-electron chi connectivity index (χ3n) is 8.41. The summed E-state index contributed by atoms with van der Waals surface area (Å²) in [5.41, 5.74) is 2.35. The Morgan fingerprint density at radius 1 is 0.927 bits per heavy atom. The molecule has 210 valence electrons. The highest BCUT2D eigenvalue weighted by molar-refractivity contribution is 7.98. The number of para-hydroxylation sites is 1. The van der Waals surface area contributed by atoms with Gasteiger partial charge in [0.15, 0.2) is 0 Å². The second-order valence-corrected chi connectivity index (χ2v) is 11.9. The van der Waals surface area contributed by atoms with Crippen molar-refractivity contribution < 1.29 is 19.2 Å². The van der Waals surface area contributed by atoms with Crippen molar-refractivity contribution in [3.05, 3.63) is 95.6 Å². The fraction of sp³-hybridized carbons (Fsp3) is 0.312. The Bertz CT molecular complexity index is 1510. The van der Waals surface area contributed by atoms with Crippen molar-refractivity contribution >= 4 is 46.8 Å². The molecule has 3 heterocycles. The largest absolute Gasteiger partial charge is 0.325 e. The van der Waals surface area contributed by atoms with Gasteiger partial charge >= 0.3 is 0 Å². The van der Waals surface area contributed by atoms with Crippen LogP contribution >= 0.6 is 11.8 Å². The van der Waals surface area contributed by atoms with Crippen LogP contribution in [0.25, 0.3) is 0 Å². The van der Waals surface area contributed by atoms with E-state index in [0.717, 1.165) is 16.9 Å². The Kier molecular flexibility index (Phi) is 7.17. The Balaban J connectivity index is 1.36. The molecule has 9 heteroatoms. The summed E-state index contributed by atoms with van der Waals surface area (Å²) in [6.45, 7) is 1.92. The molecule has 3 aromatic carbocycles. The Hall–Kier alpha value is -3.95. The molecule has 3 aliphatic rings. The number of nitrogens with zero attached hydrogens (tertiary/aromatic N) is 2. The first-order valence-corrected chi connectivity index (χ1v) is 15.2. The van der Waals surface area contributed by atoms with E-state index in [9.17, 15) is 19.2 Å². The molecule has 3 aromatic rings. The minimum atomic E-state index is -1.42. The van der Waals surface area contributed by atoms with Crippen LogP contribution in [0.5, 0.6) is 0 Å². The minimum absolute atomic E-state index is 0.162. The fourth-order valence-electron chi connectivity index (χ4n) is 6.56. The lowest BCUT2D eigenvalue weighted by Crippen LogP contribution is -2.55. The quantitative estimate of drug-likeness (QED) is 0.402. The van der Waals surface area contributed by atoms with Crippen molar-refractivity contribution in [2.75, 3.05) is 28.8 Å². The van der Waals surface area contributed by atoms with E-state index in [1.807, 2.05) is 86.0 Å². The molecule has 6 rings (SSSR count). The highest BCUT2D eigenvalue weighted by atomic mass is 32.2. The molecule has 2 saturated heterocycles. The number of amides is 4. The predicted octanol–water partition coefficient (Wildman–Crippen LogP) is 3.70. The molecule has 3 aliphatic heterocycles. The van der Waals surface area contributed by atoms with Gasteiger partial charge in [-0.2, -0.15) is 11.8 Å². The van der Waals surface area contributed by atoms with Gasteiger partial charge in [0.2, 0.25) is 17.7 Å². The number of fused-ring (bicyclic) bond motifs is 4. The molecule has 2 fully saturated rings. The molecule has 2 N–H and O–H groups in total. The van der Waals surface area contributed by atoms with Gasteiger partial charge in [-0.3, -0.25) is 29.4 Å². The zero-order valence-electron chi connectivity index (χ0n) is 23.0. The van der Waals surface area contributed by atoms with Gasteiger partial charge < -0.3 is 10.2 Å². The smallest absolute Gasteiger partial charge is 0.253 e. The van der Waals surface area contributed by atoms with Crippen LogP contribution in [0.1, 0.15) is 23.1 Å².